The van der Waals surface area contributed by atoms with E-state index in [-0.39, 0.29) is 37.3 Å². The first-order valence-corrected chi connectivity index (χ1v) is 12.4. The first-order chi connectivity index (χ1) is 17.8. The number of aryl methyl sites for hydroxylation is 2. The Balaban J connectivity index is 1.32. The lowest BCUT2D eigenvalue weighted by Gasteiger charge is -2.18. The van der Waals surface area contributed by atoms with E-state index in [0.29, 0.717) is 22.1 Å². The normalized spacial score (nSPS) is 14.8. The van der Waals surface area contributed by atoms with Gasteiger partial charge >= 0.3 is 0 Å². The predicted molar refractivity (Wildman–Crippen MR) is 145 cm³/mol. The molecule has 192 valence electrons. The summed E-state index contributed by atoms with van der Waals surface area (Å²) in [6, 6.07) is 20.0. The van der Waals surface area contributed by atoms with Crippen LogP contribution in [0.15, 0.2) is 66.7 Å². The van der Waals surface area contributed by atoms with Gasteiger partial charge in [0, 0.05) is 29.4 Å². The lowest BCUT2D eigenvalue weighted by Crippen LogP contribution is -2.36. The molecule has 9 heteroatoms. The van der Waals surface area contributed by atoms with Crippen LogP contribution >= 0.6 is 11.6 Å². The molecule has 0 spiro atoms. The van der Waals surface area contributed by atoms with Crippen molar-refractivity contribution in [2.45, 2.75) is 26.7 Å². The van der Waals surface area contributed by atoms with E-state index in [9.17, 15) is 14.4 Å². The summed E-state index contributed by atoms with van der Waals surface area (Å²) in [7, 11) is 0. The van der Waals surface area contributed by atoms with E-state index in [2.05, 4.69) is 23.1 Å². The summed E-state index contributed by atoms with van der Waals surface area (Å²) in [4.78, 5) is 39.3. The van der Waals surface area contributed by atoms with E-state index in [0.717, 1.165) is 17.7 Å². The van der Waals surface area contributed by atoms with Crippen molar-refractivity contribution in [1.29, 1.82) is 0 Å². The van der Waals surface area contributed by atoms with Crippen molar-refractivity contribution in [3.63, 3.8) is 0 Å². The molecule has 3 aromatic rings. The molecule has 0 bridgehead atoms. The van der Waals surface area contributed by atoms with Crippen molar-refractivity contribution in [3.05, 3.63) is 82.9 Å². The first kappa shape index (κ1) is 26.0. The standard InChI is InChI=1S/C28H29ClN4O4/c1-3-19-6-9-22(10-7-19)30-26(34)17-37-25-13-8-21(29)15-24(25)31-32-28(36)20-14-27(35)33(16-20)23-11-4-18(2)5-12-23/h4-13,15,20,31H,3,14,16-17H2,1-2H3,(H,30,34)(H,32,36)/t20-/m1/s1. The highest BCUT2D eigenvalue weighted by atomic mass is 35.5. The smallest absolute Gasteiger partial charge is 0.262 e. The Bertz CT molecular complexity index is 1280. The molecule has 0 aromatic heterocycles. The third-order valence-corrected chi connectivity index (χ3v) is 6.34. The van der Waals surface area contributed by atoms with Crippen molar-refractivity contribution in [1.82, 2.24) is 5.43 Å². The average Bonchev–Trinajstić information content (AvgIpc) is 3.29. The fraction of sp³-hybridized carbons (Fsp3) is 0.250. The van der Waals surface area contributed by atoms with Crippen LogP contribution in [-0.4, -0.2) is 30.9 Å². The Labute approximate surface area is 220 Å². The molecule has 37 heavy (non-hydrogen) atoms. The molecule has 8 nitrogen and oxygen atoms in total. The number of rotatable bonds is 9. The Morgan fingerprint density at radius 2 is 1.78 bits per heavy atom. The number of halogens is 1. The van der Waals surface area contributed by atoms with E-state index in [4.69, 9.17) is 16.3 Å². The highest BCUT2D eigenvalue weighted by molar-refractivity contribution is 6.31. The van der Waals surface area contributed by atoms with Gasteiger partial charge in [0.05, 0.1) is 11.6 Å². The highest BCUT2D eigenvalue weighted by Crippen LogP contribution is 2.29. The molecule has 0 saturated carbocycles. The zero-order valence-corrected chi connectivity index (χ0v) is 21.5. The molecular formula is C28H29ClN4O4. The predicted octanol–water partition coefficient (Wildman–Crippen LogP) is 4.72. The molecule has 1 atom stereocenters. The minimum absolute atomic E-state index is 0.105. The second-order valence-corrected chi connectivity index (χ2v) is 9.32. The van der Waals surface area contributed by atoms with Crippen LogP contribution in [0.25, 0.3) is 0 Å². The number of nitrogens with zero attached hydrogens (tertiary/aromatic N) is 1. The van der Waals surface area contributed by atoms with E-state index in [1.165, 1.54) is 5.56 Å². The van der Waals surface area contributed by atoms with Gasteiger partial charge in [-0.05, 0) is 61.4 Å². The molecule has 3 amide bonds. The van der Waals surface area contributed by atoms with Gasteiger partial charge < -0.3 is 15.0 Å². The van der Waals surface area contributed by atoms with Crippen molar-refractivity contribution in [2.75, 3.05) is 28.8 Å². The fourth-order valence-electron chi connectivity index (χ4n) is 3.98. The van der Waals surface area contributed by atoms with Crippen LogP contribution in [0, 0.1) is 12.8 Å². The Morgan fingerprint density at radius 3 is 2.49 bits per heavy atom. The summed E-state index contributed by atoms with van der Waals surface area (Å²) in [6.07, 6.45) is 1.03. The maximum absolute atomic E-state index is 12.8. The minimum atomic E-state index is -0.519. The lowest BCUT2D eigenvalue weighted by molar-refractivity contribution is -0.125. The van der Waals surface area contributed by atoms with Crippen LogP contribution in [0.3, 0.4) is 0 Å². The molecule has 0 aliphatic carbocycles. The highest BCUT2D eigenvalue weighted by Gasteiger charge is 2.35. The third kappa shape index (κ3) is 6.80. The number of carbonyl (C=O) groups excluding carboxylic acids is 3. The topological polar surface area (TPSA) is 99.8 Å². The minimum Gasteiger partial charge on any atom is -0.482 e. The summed E-state index contributed by atoms with van der Waals surface area (Å²) >= 11 is 6.13. The number of benzene rings is 3. The lowest BCUT2D eigenvalue weighted by atomic mass is 10.1. The molecular weight excluding hydrogens is 492 g/mol. The van der Waals surface area contributed by atoms with Crippen LogP contribution in [0.5, 0.6) is 5.75 Å². The van der Waals surface area contributed by atoms with E-state index in [1.54, 1.807) is 23.1 Å². The van der Waals surface area contributed by atoms with Crippen molar-refractivity contribution < 1.29 is 19.1 Å². The monoisotopic (exact) mass is 520 g/mol. The molecule has 1 aliphatic heterocycles. The van der Waals surface area contributed by atoms with Gasteiger partial charge in [-0.25, -0.2) is 0 Å². The number of anilines is 3. The number of hydrazine groups is 1. The first-order valence-electron chi connectivity index (χ1n) is 12.1. The molecule has 0 unspecified atom stereocenters. The summed E-state index contributed by atoms with van der Waals surface area (Å²) in [5.74, 6) is -0.942. The summed E-state index contributed by atoms with van der Waals surface area (Å²) in [5.41, 5.74) is 9.57. The van der Waals surface area contributed by atoms with Crippen molar-refractivity contribution in [2.24, 2.45) is 5.92 Å². The molecule has 3 N–H and O–H groups in total. The molecule has 1 heterocycles. The molecule has 1 fully saturated rings. The van der Waals surface area contributed by atoms with Crippen LogP contribution in [0.1, 0.15) is 24.5 Å². The fourth-order valence-corrected chi connectivity index (χ4v) is 4.15. The Kier molecular flexibility index (Phi) is 8.30. The largest absolute Gasteiger partial charge is 0.482 e. The van der Waals surface area contributed by atoms with E-state index in [1.807, 2.05) is 55.5 Å². The number of ether oxygens (including phenoxy) is 1. The second kappa shape index (κ2) is 11.8. The van der Waals surface area contributed by atoms with Crippen molar-refractivity contribution in [3.8, 4) is 5.75 Å². The van der Waals surface area contributed by atoms with E-state index < -0.39 is 5.92 Å². The SMILES string of the molecule is CCc1ccc(NC(=O)COc2ccc(Cl)cc2NNC(=O)[C@@H]2CC(=O)N(c3ccc(C)cc3)C2)cc1. The van der Waals surface area contributed by atoms with Gasteiger partial charge in [0.1, 0.15) is 5.75 Å². The van der Waals surface area contributed by atoms with Crippen LogP contribution < -0.4 is 25.8 Å². The molecule has 3 aromatic carbocycles. The average molecular weight is 521 g/mol. The van der Waals surface area contributed by atoms with Gasteiger partial charge in [-0.15, -0.1) is 0 Å². The molecule has 4 rings (SSSR count). The summed E-state index contributed by atoms with van der Waals surface area (Å²) in [6.45, 7) is 4.09. The maximum atomic E-state index is 12.8. The van der Waals surface area contributed by atoms with Gasteiger partial charge in [-0.1, -0.05) is 48.4 Å². The molecule has 0 radical (unpaired) electrons. The number of hydrogen-bond acceptors (Lipinski definition) is 5. The van der Waals surface area contributed by atoms with Gasteiger partial charge in [-0.2, -0.15) is 0 Å². The van der Waals surface area contributed by atoms with Gasteiger partial charge in [0.25, 0.3) is 5.91 Å². The summed E-state index contributed by atoms with van der Waals surface area (Å²) in [5, 5.41) is 3.21. The van der Waals surface area contributed by atoms with Crippen molar-refractivity contribution >= 4 is 46.4 Å². The van der Waals surface area contributed by atoms with Gasteiger partial charge in [0.15, 0.2) is 6.61 Å². The Morgan fingerprint density at radius 1 is 1.05 bits per heavy atom. The van der Waals surface area contributed by atoms with Crippen LogP contribution in [0.2, 0.25) is 5.02 Å². The zero-order chi connectivity index (χ0) is 26.4. The quantitative estimate of drug-likeness (QED) is 0.354. The Hall–Kier alpha value is -4.04. The molecule has 1 aliphatic rings. The number of amides is 3. The molecule has 1 saturated heterocycles. The number of hydrogen-bond donors (Lipinski definition) is 3. The van der Waals surface area contributed by atoms with Gasteiger partial charge in [-0.3, -0.25) is 25.2 Å². The maximum Gasteiger partial charge on any atom is 0.262 e. The van der Waals surface area contributed by atoms with E-state index >= 15 is 0 Å². The number of carbonyl (C=O) groups is 3. The third-order valence-electron chi connectivity index (χ3n) is 6.11. The van der Waals surface area contributed by atoms with Crippen LogP contribution in [0.4, 0.5) is 17.1 Å². The zero-order valence-electron chi connectivity index (χ0n) is 20.7. The van der Waals surface area contributed by atoms with Crippen LogP contribution in [-0.2, 0) is 20.8 Å². The summed E-state index contributed by atoms with van der Waals surface area (Å²) < 4.78 is 5.68. The number of nitrogens with one attached hydrogen (secondary N) is 3. The van der Waals surface area contributed by atoms with Gasteiger partial charge in [0.2, 0.25) is 11.8 Å². The second-order valence-electron chi connectivity index (χ2n) is 8.88.